The van der Waals surface area contributed by atoms with E-state index < -0.39 is 5.91 Å². The largest absolute Gasteiger partial charge is 0.484 e. The minimum Gasteiger partial charge on any atom is -0.484 e. The summed E-state index contributed by atoms with van der Waals surface area (Å²) in [6.45, 7) is 5.52. The molecule has 0 aromatic heterocycles. The molecule has 124 valence electrons. The molecular weight excluding hydrogens is 296 g/mol. The van der Waals surface area contributed by atoms with Gasteiger partial charge in [-0.1, -0.05) is 12.1 Å². The molecule has 2 amide bonds. The summed E-state index contributed by atoms with van der Waals surface area (Å²) in [4.78, 5) is 24.8. The average molecular weight is 318 g/mol. The third-order valence-corrected chi connectivity index (χ3v) is 3.59. The Morgan fingerprint density at radius 3 is 2.65 bits per heavy atom. The minimum atomic E-state index is -0.521. The maximum absolute atomic E-state index is 12.3. The Bertz CT molecular complexity index is 593. The lowest BCUT2D eigenvalue weighted by Gasteiger charge is -2.41. The highest BCUT2D eigenvalue weighted by atomic mass is 16.5. The monoisotopic (exact) mass is 318 g/mol. The Kier molecular flexibility index (Phi) is 5.39. The van der Waals surface area contributed by atoms with Gasteiger partial charge in [-0.3, -0.25) is 9.59 Å². The summed E-state index contributed by atoms with van der Waals surface area (Å²) >= 11 is 0. The van der Waals surface area contributed by atoms with Crippen LogP contribution in [0.4, 0.5) is 0 Å². The van der Waals surface area contributed by atoms with Crippen molar-refractivity contribution in [2.45, 2.75) is 19.4 Å². The third kappa shape index (κ3) is 4.82. The Balaban J connectivity index is 1.96. The van der Waals surface area contributed by atoms with Crippen molar-refractivity contribution in [1.29, 1.82) is 0 Å². The van der Waals surface area contributed by atoms with E-state index in [1.807, 2.05) is 30.9 Å². The molecule has 6 nitrogen and oxygen atoms in total. The first-order valence-corrected chi connectivity index (χ1v) is 7.47. The van der Waals surface area contributed by atoms with Gasteiger partial charge in [0.1, 0.15) is 5.75 Å². The van der Waals surface area contributed by atoms with Crippen LogP contribution in [0.1, 0.15) is 19.4 Å². The van der Waals surface area contributed by atoms with Crippen LogP contribution in [-0.2, 0) is 14.3 Å². The van der Waals surface area contributed by atoms with Crippen molar-refractivity contribution in [3.8, 4) is 5.75 Å². The summed E-state index contributed by atoms with van der Waals surface area (Å²) in [5.41, 5.74) is 5.59. The lowest BCUT2D eigenvalue weighted by Crippen LogP contribution is -2.55. The molecule has 1 fully saturated rings. The minimum absolute atomic E-state index is 0.0349. The predicted molar refractivity (Wildman–Crippen MR) is 86.8 cm³/mol. The van der Waals surface area contributed by atoms with Gasteiger partial charge in [-0.25, -0.2) is 0 Å². The fourth-order valence-corrected chi connectivity index (χ4v) is 2.35. The fourth-order valence-electron chi connectivity index (χ4n) is 2.35. The van der Waals surface area contributed by atoms with Crippen LogP contribution >= 0.6 is 0 Å². The molecule has 6 heteroatoms. The number of amides is 2. The van der Waals surface area contributed by atoms with Gasteiger partial charge in [-0.2, -0.15) is 0 Å². The van der Waals surface area contributed by atoms with Crippen LogP contribution in [-0.4, -0.2) is 48.6 Å². The Morgan fingerprint density at radius 2 is 2.04 bits per heavy atom. The van der Waals surface area contributed by atoms with E-state index in [1.54, 1.807) is 24.3 Å². The average Bonchev–Trinajstić information content (AvgIpc) is 2.51. The summed E-state index contributed by atoms with van der Waals surface area (Å²) in [6, 6.07) is 7.08. The van der Waals surface area contributed by atoms with Crippen molar-refractivity contribution in [3.05, 3.63) is 35.9 Å². The zero-order chi connectivity index (χ0) is 16.9. The zero-order valence-corrected chi connectivity index (χ0v) is 13.5. The number of ether oxygens (including phenoxy) is 2. The molecule has 1 aliphatic heterocycles. The normalized spacial score (nSPS) is 17.2. The van der Waals surface area contributed by atoms with Crippen molar-refractivity contribution in [2.24, 2.45) is 5.73 Å². The van der Waals surface area contributed by atoms with Gasteiger partial charge in [0.05, 0.1) is 18.8 Å². The van der Waals surface area contributed by atoms with Crippen molar-refractivity contribution >= 4 is 17.9 Å². The maximum Gasteiger partial charge on any atom is 0.255 e. The smallest absolute Gasteiger partial charge is 0.255 e. The standard InChI is InChI=1S/C17H22N2O4/c1-17(2)12-22-10-9-19(17)16(21)8-5-13-3-6-14(7-4-13)23-11-15(18)20/h3-8H,9-12H2,1-2H3,(H2,18,20)/b8-5+. The number of rotatable bonds is 5. The van der Waals surface area contributed by atoms with Crippen LogP contribution < -0.4 is 10.5 Å². The topological polar surface area (TPSA) is 81.9 Å². The number of primary amides is 1. The molecule has 0 saturated carbocycles. The maximum atomic E-state index is 12.3. The molecule has 0 atom stereocenters. The van der Waals surface area contributed by atoms with Gasteiger partial charge in [0, 0.05) is 12.6 Å². The summed E-state index contributed by atoms with van der Waals surface area (Å²) in [5, 5.41) is 0. The van der Waals surface area contributed by atoms with Crippen LogP contribution in [0.3, 0.4) is 0 Å². The molecule has 1 aromatic rings. The van der Waals surface area contributed by atoms with Gasteiger partial charge in [0.25, 0.3) is 5.91 Å². The van der Waals surface area contributed by atoms with Crippen LogP contribution in [0.5, 0.6) is 5.75 Å². The molecule has 0 spiro atoms. The van der Waals surface area contributed by atoms with Gasteiger partial charge in [-0.15, -0.1) is 0 Å². The quantitative estimate of drug-likeness (QED) is 0.827. The van der Waals surface area contributed by atoms with Crippen molar-refractivity contribution < 1.29 is 19.1 Å². The van der Waals surface area contributed by atoms with E-state index in [0.717, 1.165) is 5.56 Å². The Morgan fingerprint density at radius 1 is 1.35 bits per heavy atom. The van der Waals surface area contributed by atoms with Gasteiger partial charge >= 0.3 is 0 Å². The molecule has 0 unspecified atom stereocenters. The Hall–Kier alpha value is -2.34. The SMILES string of the molecule is CC1(C)COCCN1C(=O)/C=C/c1ccc(OCC(N)=O)cc1. The van der Waals surface area contributed by atoms with Gasteiger partial charge < -0.3 is 20.1 Å². The highest BCUT2D eigenvalue weighted by Crippen LogP contribution is 2.20. The second-order valence-corrected chi connectivity index (χ2v) is 6.01. The first-order valence-electron chi connectivity index (χ1n) is 7.47. The first kappa shape index (κ1) is 17.0. The molecule has 2 rings (SSSR count). The summed E-state index contributed by atoms with van der Waals surface area (Å²) in [5.74, 6) is 0.00152. The number of carbonyl (C=O) groups is 2. The van der Waals surface area contributed by atoms with Crippen LogP contribution in [0.2, 0.25) is 0 Å². The van der Waals surface area contributed by atoms with Gasteiger partial charge in [0.15, 0.2) is 6.61 Å². The molecule has 0 aliphatic carbocycles. The van der Waals surface area contributed by atoms with Crippen molar-refractivity contribution in [2.75, 3.05) is 26.4 Å². The molecule has 0 bridgehead atoms. The van der Waals surface area contributed by atoms with E-state index in [2.05, 4.69) is 0 Å². The van der Waals surface area contributed by atoms with E-state index in [4.69, 9.17) is 15.2 Å². The summed E-state index contributed by atoms with van der Waals surface area (Å²) in [6.07, 6.45) is 3.32. The first-order chi connectivity index (χ1) is 10.9. The molecule has 23 heavy (non-hydrogen) atoms. The van der Waals surface area contributed by atoms with Crippen molar-refractivity contribution in [1.82, 2.24) is 4.90 Å². The summed E-state index contributed by atoms with van der Waals surface area (Å²) < 4.78 is 10.6. The summed E-state index contributed by atoms with van der Waals surface area (Å²) in [7, 11) is 0. The number of nitrogens with two attached hydrogens (primary N) is 1. The molecule has 0 radical (unpaired) electrons. The van der Waals surface area contributed by atoms with E-state index in [9.17, 15) is 9.59 Å². The molecule has 1 aromatic carbocycles. The van der Waals surface area contributed by atoms with Crippen LogP contribution in [0, 0.1) is 0 Å². The molecule has 1 heterocycles. The number of morpholine rings is 1. The number of hydrogen-bond acceptors (Lipinski definition) is 4. The number of carbonyl (C=O) groups excluding carboxylic acids is 2. The second kappa shape index (κ2) is 7.28. The van der Waals surface area contributed by atoms with Crippen LogP contribution in [0.15, 0.2) is 30.3 Å². The zero-order valence-electron chi connectivity index (χ0n) is 13.5. The third-order valence-electron chi connectivity index (χ3n) is 3.59. The second-order valence-electron chi connectivity index (χ2n) is 6.01. The van der Waals surface area contributed by atoms with E-state index in [0.29, 0.717) is 25.5 Å². The highest BCUT2D eigenvalue weighted by Gasteiger charge is 2.32. The van der Waals surface area contributed by atoms with E-state index >= 15 is 0 Å². The predicted octanol–water partition coefficient (Wildman–Crippen LogP) is 1.20. The van der Waals surface area contributed by atoms with E-state index in [1.165, 1.54) is 0 Å². The number of hydrogen-bond donors (Lipinski definition) is 1. The van der Waals surface area contributed by atoms with Crippen LogP contribution in [0.25, 0.3) is 6.08 Å². The molecule has 1 aliphatic rings. The Labute approximate surface area is 135 Å². The number of nitrogens with zero attached hydrogens (tertiary/aromatic N) is 1. The highest BCUT2D eigenvalue weighted by molar-refractivity contribution is 5.92. The molecule has 1 saturated heterocycles. The lowest BCUT2D eigenvalue weighted by atomic mass is 10.0. The van der Waals surface area contributed by atoms with E-state index in [-0.39, 0.29) is 18.1 Å². The number of benzene rings is 1. The van der Waals surface area contributed by atoms with Crippen molar-refractivity contribution in [3.63, 3.8) is 0 Å². The molecule has 2 N–H and O–H groups in total. The lowest BCUT2D eigenvalue weighted by molar-refractivity contribution is -0.140. The fraction of sp³-hybridized carbons (Fsp3) is 0.412. The molecular formula is C17H22N2O4. The van der Waals surface area contributed by atoms with Gasteiger partial charge in [0.2, 0.25) is 5.91 Å². The van der Waals surface area contributed by atoms with Gasteiger partial charge in [-0.05, 0) is 37.6 Å².